The zero-order valence-corrected chi connectivity index (χ0v) is 22.9. The summed E-state index contributed by atoms with van der Waals surface area (Å²) in [4.78, 5) is 29.9. The number of hydrogen-bond acceptors (Lipinski definition) is 5. The molecule has 1 aliphatic heterocycles. The third kappa shape index (κ3) is 6.60. The number of carboxylic acid groups (broad SMARTS) is 1. The van der Waals surface area contributed by atoms with Crippen molar-refractivity contribution in [1.82, 2.24) is 4.90 Å². The van der Waals surface area contributed by atoms with Gasteiger partial charge in [0.05, 0.1) is 7.11 Å². The lowest BCUT2D eigenvalue weighted by Gasteiger charge is -2.45. The van der Waals surface area contributed by atoms with Crippen molar-refractivity contribution in [2.24, 2.45) is 5.92 Å². The summed E-state index contributed by atoms with van der Waals surface area (Å²) in [5.41, 5.74) is 2.45. The van der Waals surface area contributed by atoms with Gasteiger partial charge in [0.15, 0.2) is 0 Å². The normalized spacial score (nSPS) is 20.2. The van der Waals surface area contributed by atoms with Crippen LogP contribution in [0.4, 0.5) is 5.69 Å². The second-order valence-corrected chi connectivity index (χ2v) is 10.7. The number of amides is 1. The van der Waals surface area contributed by atoms with Crippen LogP contribution >= 0.6 is 0 Å². The molecule has 4 rings (SSSR count). The predicted molar refractivity (Wildman–Crippen MR) is 152 cm³/mol. The number of ether oxygens (including phenoxy) is 1. The molecule has 7 nitrogen and oxygen atoms in total. The summed E-state index contributed by atoms with van der Waals surface area (Å²) in [6.45, 7) is 6.64. The maximum absolute atomic E-state index is 13.7. The van der Waals surface area contributed by atoms with Crippen molar-refractivity contribution in [3.8, 4) is 11.5 Å². The van der Waals surface area contributed by atoms with Crippen molar-refractivity contribution in [1.29, 1.82) is 0 Å². The zero-order valence-electron chi connectivity index (χ0n) is 22.9. The van der Waals surface area contributed by atoms with E-state index in [2.05, 4.69) is 24.8 Å². The number of phenolic OH excluding ortho intramolecular Hbond substituents is 1. The number of aromatic hydroxyl groups is 1. The largest absolute Gasteiger partial charge is 0.508 e. The molecule has 0 spiro atoms. The Labute approximate surface area is 230 Å². The summed E-state index contributed by atoms with van der Waals surface area (Å²) in [5, 5.41) is 20.2. The number of carbonyl (C=O) groups is 2. The molecule has 0 aromatic heterocycles. The number of carbonyl (C=O) groups excluding carboxylic acids is 1. The van der Waals surface area contributed by atoms with Crippen LogP contribution < -0.4 is 9.64 Å². The first-order valence-electron chi connectivity index (χ1n) is 13.5. The van der Waals surface area contributed by atoms with Crippen molar-refractivity contribution >= 4 is 17.6 Å². The van der Waals surface area contributed by atoms with E-state index >= 15 is 0 Å². The molecule has 0 radical (unpaired) electrons. The molecule has 1 aliphatic rings. The highest BCUT2D eigenvalue weighted by molar-refractivity contribution is 5.99. The van der Waals surface area contributed by atoms with Gasteiger partial charge in [0.2, 0.25) is 5.91 Å². The van der Waals surface area contributed by atoms with E-state index in [9.17, 15) is 19.8 Å². The number of methoxy groups -OCH3 is 1. The topological polar surface area (TPSA) is 90.3 Å². The number of phenols is 1. The molecule has 3 aromatic rings. The molecule has 1 saturated heterocycles. The van der Waals surface area contributed by atoms with E-state index in [0.29, 0.717) is 23.9 Å². The Balaban J connectivity index is 1.47. The van der Waals surface area contributed by atoms with E-state index in [1.54, 1.807) is 37.4 Å². The van der Waals surface area contributed by atoms with Gasteiger partial charge in [0.25, 0.3) is 0 Å². The summed E-state index contributed by atoms with van der Waals surface area (Å²) < 4.78 is 5.22. The van der Waals surface area contributed by atoms with Crippen molar-refractivity contribution in [3.05, 3.63) is 90.0 Å². The Kier molecular flexibility index (Phi) is 8.92. The first kappa shape index (κ1) is 28.2. The number of hydrogen-bond donors (Lipinski definition) is 2. The number of benzene rings is 3. The third-order valence-electron chi connectivity index (χ3n) is 8.20. The molecule has 1 heterocycles. The maximum atomic E-state index is 13.7. The number of rotatable bonds is 10. The van der Waals surface area contributed by atoms with Crippen LogP contribution in [0.1, 0.15) is 37.8 Å². The number of carboxylic acids is 1. The number of piperidine rings is 1. The SMILES string of the molecule is COc1ccc(C[C@@H](C(=O)O)N(C(=O)CCN2CC[C@@](C)(c3cccc(O)c3)[C@@H](C)C2)c2ccccc2)cc1. The molecule has 39 heavy (non-hydrogen) atoms. The minimum atomic E-state index is -1.04. The highest BCUT2D eigenvalue weighted by atomic mass is 16.5. The third-order valence-corrected chi connectivity index (χ3v) is 8.20. The summed E-state index contributed by atoms with van der Waals surface area (Å²) in [7, 11) is 1.58. The van der Waals surface area contributed by atoms with Crippen LogP contribution in [0.25, 0.3) is 0 Å². The van der Waals surface area contributed by atoms with E-state index in [1.165, 1.54) is 4.90 Å². The second-order valence-electron chi connectivity index (χ2n) is 10.7. The zero-order chi connectivity index (χ0) is 28.0. The average molecular weight is 531 g/mol. The fourth-order valence-corrected chi connectivity index (χ4v) is 5.54. The minimum absolute atomic E-state index is 0.0674. The minimum Gasteiger partial charge on any atom is -0.508 e. The quantitative estimate of drug-likeness (QED) is 0.378. The first-order valence-corrected chi connectivity index (χ1v) is 13.5. The highest BCUT2D eigenvalue weighted by Crippen LogP contribution is 2.40. The molecule has 2 N–H and O–H groups in total. The summed E-state index contributed by atoms with van der Waals surface area (Å²) in [5.74, 6) is 0.0258. The van der Waals surface area contributed by atoms with Crippen molar-refractivity contribution in [2.75, 3.05) is 31.6 Å². The van der Waals surface area contributed by atoms with E-state index in [1.807, 2.05) is 42.5 Å². The van der Waals surface area contributed by atoms with Crippen LogP contribution in [-0.4, -0.2) is 59.8 Å². The van der Waals surface area contributed by atoms with Crippen LogP contribution in [-0.2, 0) is 21.4 Å². The molecule has 0 bridgehead atoms. The van der Waals surface area contributed by atoms with Crippen molar-refractivity contribution in [3.63, 3.8) is 0 Å². The van der Waals surface area contributed by atoms with Gasteiger partial charge in [-0.25, -0.2) is 4.79 Å². The summed E-state index contributed by atoms with van der Waals surface area (Å²) >= 11 is 0. The van der Waals surface area contributed by atoms with Gasteiger partial charge in [0.1, 0.15) is 17.5 Å². The van der Waals surface area contributed by atoms with Gasteiger partial charge >= 0.3 is 5.97 Å². The summed E-state index contributed by atoms with van der Waals surface area (Å²) in [6, 6.07) is 22.8. The standard InChI is InChI=1S/C32H38N2O5/c1-23-22-33(19-17-32(23,2)25-8-7-11-27(35)21-25)18-16-30(36)34(26-9-5-4-6-10-26)29(31(37)38)20-24-12-14-28(39-3)15-13-24/h4-15,21,23,29,35H,16-20,22H2,1-3H3,(H,37,38)/t23-,29-,32+/m0/s1. The lowest BCUT2D eigenvalue weighted by atomic mass is 9.68. The Hall–Kier alpha value is -3.84. The average Bonchev–Trinajstić information content (AvgIpc) is 2.94. The summed E-state index contributed by atoms with van der Waals surface area (Å²) in [6.07, 6.45) is 1.31. The Morgan fingerprint density at radius 2 is 1.79 bits per heavy atom. The van der Waals surface area contributed by atoms with E-state index < -0.39 is 12.0 Å². The molecule has 3 aromatic carbocycles. The molecule has 0 aliphatic carbocycles. The number of likely N-dealkylation sites (tertiary alicyclic amines) is 1. The van der Waals surface area contributed by atoms with Gasteiger partial charge in [-0.2, -0.15) is 0 Å². The monoisotopic (exact) mass is 530 g/mol. The Bertz CT molecular complexity index is 1260. The van der Waals surface area contributed by atoms with Crippen LogP contribution in [0.2, 0.25) is 0 Å². The van der Waals surface area contributed by atoms with Gasteiger partial charge in [-0.1, -0.05) is 56.3 Å². The van der Waals surface area contributed by atoms with Gasteiger partial charge in [-0.05, 0) is 71.8 Å². The van der Waals surface area contributed by atoms with Crippen LogP contribution in [0.3, 0.4) is 0 Å². The first-order chi connectivity index (χ1) is 18.7. The number of nitrogens with zero attached hydrogens (tertiary/aromatic N) is 2. The van der Waals surface area contributed by atoms with Crippen molar-refractivity contribution in [2.45, 2.75) is 44.6 Å². The molecule has 7 heteroatoms. The predicted octanol–water partition coefficient (Wildman–Crippen LogP) is 5.12. The highest BCUT2D eigenvalue weighted by Gasteiger charge is 2.38. The van der Waals surface area contributed by atoms with Gasteiger partial charge in [-0.15, -0.1) is 0 Å². The molecule has 1 amide bonds. The van der Waals surface area contributed by atoms with Gasteiger partial charge in [-0.3, -0.25) is 9.69 Å². The molecular weight excluding hydrogens is 492 g/mol. The van der Waals surface area contributed by atoms with Crippen LogP contribution in [0, 0.1) is 5.92 Å². The smallest absolute Gasteiger partial charge is 0.327 e. The molecule has 1 fully saturated rings. The fraction of sp³-hybridized carbons (Fsp3) is 0.375. The van der Waals surface area contributed by atoms with Gasteiger partial charge in [0, 0.05) is 31.6 Å². The van der Waals surface area contributed by atoms with E-state index in [4.69, 9.17) is 4.74 Å². The lowest BCUT2D eigenvalue weighted by molar-refractivity contribution is -0.140. The maximum Gasteiger partial charge on any atom is 0.327 e. The number of aliphatic carboxylic acids is 1. The van der Waals surface area contributed by atoms with Gasteiger partial charge < -0.3 is 19.8 Å². The van der Waals surface area contributed by atoms with E-state index in [0.717, 1.165) is 30.6 Å². The Morgan fingerprint density at radius 1 is 1.08 bits per heavy atom. The molecule has 206 valence electrons. The molecule has 0 saturated carbocycles. The molecule has 3 atom stereocenters. The van der Waals surface area contributed by atoms with Crippen LogP contribution in [0.15, 0.2) is 78.9 Å². The Morgan fingerprint density at radius 3 is 2.41 bits per heavy atom. The molecule has 0 unspecified atom stereocenters. The van der Waals surface area contributed by atoms with E-state index in [-0.39, 0.29) is 29.9 Å². The fourth-order valence-electron chi connectivity index (χ4n) is 5.54. The van der Waals surface area contributed by atoms with Crippen molar-refractivity contribution < 1.29 is 24.5 Å². The molecular formula is C32H38N2O5. The lowest BCUT2D eigenvalue weighted by Crippen LogP contribution is -2.50. The second kappa shape index (κ2) is 12.3. The van der Waals surface area contributed by atoms with Crippen LogP contribution in [0.5, 0.6) is 11.5 Å². The number of para-hydroxylation sites is 1. The number of anilines is 1.